The van der Waals surface area contributed by atoms with Crippen LogP contribution < -0.4 is 20.6 Å². The van der Waals surface area contributed by atoms with Crippen LogP contribution in [0.1, 0.15) is 44.3 Å². The largest absolute Gasteiger partial charge is 0.547 e. The maximum atomic E-state index is 14.6. The quantitative estimate of drug-likeness (QED) is 0.0629. The van der Waals surface area contributed by atoms with E-state index in [2.05, 4.69) is 16.0 Å². The number of halogens is 4. The van der Waals surface area contributed by atoms with E-state index >= 15 is 0 Å². The number of nitrogens with zero attached hydrogens (tertiary/aromatic N) is 2. The smallest absolute Gasteiger partial charge is 0.534 e. The third-order valence-corrected chi connectivity index (χ3v) is 9.14. The second-order valence-electron chi connectivity index (χ2n) is 11.9. The number of piperazine rings is 1. The summed E-state index contributed by atoms with van der Waals surface area (Å²) in [6.07, 6.45) is -0.160. The van der Waals surface area contributed by atoms with Crippen molar-refractivity contribution in [2.45, 2.75) is 24.8 Å². The number of hydrogen-bond acceptors (Lipinski definition) is 11. The molecule has 2 heterocycles. The number of imide groups is 1. The highest BCUT2D eigenvalue weighted by molar-refractivity contribution is 6.47. The summed E-state index contributed by atoms with van der Waals surface area (Å²) < 4.78 is 34.0. The molecule has 54 heavy (non-hydrogen) atoms. The number of carboxylic acid groups (broad SMARTS) is 1. The number of amides is 6. The molecule has 2 aliphatic rings. The monoisotopic (exact) mass is 793 g/mol. The van der Waals surface area contributed by atoms with Crippen LogP contribution in [0.15, 0.2) is 36.4 Å². The Kier molecular flexibility index (Phi) is 11.7. The lowest BCUT2D eigenvalue weighted by molar-refractivity contribution is -0.153. The van der Waals surface area contributed by atoms with E-state index in [9.17, 15) is 63.0 Å². The van der Waals surface area contributed by atoms with Gasteiger partial charge in [-0.2, -0.15) is 0 Å². The maximum Gasteiger partial charge on any atom is 0.547 e. The van der Waals surface area contributed by atoms with E-state index in [0.29, 0.717) is 11.0 Å². The van der Waals surface area contributed by atoms with E-state index < -0.39 is 106 Å². The molecule has 0 aliphatic carbocycles. The van der Waals surface area contributed by atoms with Gasteiger partial charge >= 0.3 is 30.9 Å². The molecule has 0 radical (unpaired) electrons. The molecule has 2 atom stereocenters. The molecule has 3 aromatic rings. The number of hydrogen-bond donors (Lipinski definition) is 8. The molecule has 0 aromatic heterocycles. The Morgan fingerprint density at radius 1 is 0.981 bits per heavy atom. The molecule has 2 aliphatic heterocycles. The van der Waals surface area contributed by atoms with Gasteiger partial charge in [0.1, 0.15) is 28.9 Å². The first-order valence-corrected chi connectivity index (χ1v) is 16.5. The average molecular weight is 794 g/mol. The number of rotatable bonds is 10. The summed E-state index contributed by atoms with van der Waals surface area (Å²) in [5.74, 6) is -13.1. The van der Waals surface area contributed by atoms with Crippen molar-refractivity contribution < 1.29 is 67.7 Å². The van der Waals surface area contributed by atoms with Gasteiger partial charge in [0.2, 0.25) is 5.91 Å². The van der Waals surface area contributed by atoms with Gasteiger partial charge < -0.3 is 51.0 Å². The SMILES string of the molecule is O=C(NCCCN1CCN(C(=O)NC(C(=O)N[C@H]2Cc3ccc(F)c(C(=O)O)c3OB2O)c2cc(F)c(O)c(O)c2Cl)C(=O)C1=O)c1ccc(O)cc1Cl. The number of phenolic OH excluding ortho intramolecular Hbond substituents is 3. The molecule has 6 amide bonds. The number of aromatic carboxylic acids is 1. The van der Waals surface area contributed by atoms with Crippen LogP contribution in [0.25, 0.3) is 0 Å². The lowest BCUT2D eigenvalue weighted by atomic mass is 9.72. The Hall–Kier alpha value is -5.86. The summed E-state index contributed by atoms with van der Waals surface area (Å²) in [5, 5.41) is 55.7. The van der Waals surface area contributed by atoms with Crippen LogP contribution in [0.4, 0.5) is 13.6 Å². The summed E-state index contributed by atoms with van der Waals surface area (Å²) in [4.78, 5) is 78.7. The zero-order valence-electron chi connectivity index (χ0n) is 27.4. The van der Waals surface area contributed by atoms with Crippen LogP contribution in [0.2, 0.25) is 10.0 Å². The standard InChI is InChI=1S/C32H28BCl2F2N5O12/c34-17-11-14(43)3-4-15(17)27(46)38-6-1-7-41-8-9-42(30(49)29(41)48)32(52)40-23(16-12-19(37)24(44)25(45)22(16)35)28(47)39-20-10-13-2-5-18(36)21(31(50)51)26(13)54-33(20)53/h2-5,11-12,20,23,43-45,53H,1,6-10H2,(H,38,46)(H,39,47)(H,40,52)(H,50,51)/t20-,23?/m0/s1. The molecule has 0 saturated carbocycles. The molecule has 3 aromatic carbocycles. The Morgan fingerprint density at radius 3 is 2.39 bits per heavy atom. The minimum Gasteiger partial charge on any atom is -0.534 e. The Bertz CT molecular complexity index is 2080. The third kappa shape index (κ3) is 8.04. The fourth-order valence-electron chi connectivity index (χ4n) is 5.68. The molecular weight excluding hydrogens is 766 g/mol. The Morgan fingerprint density at radius 2 is 1.70 bits per heavy atom. The van der Waals surface area contributed by atoms with Crippen molar-refractivity contribution >= 4 is 65.9 Å². The minimum atomic E-state index is -2.07. The van der Waals surface area contributed by atoms with Gasteiger partial charge in [-0.3, -0.25) is 24.1 Å². The minimum absolute atomic E-state index is 0.0114. The number of carbonyl (C=O) groups excluding carboxylic acids is 5. The predicted molar refractivity (Wildman–Crippen MR) is 182 cm³/mol. The summed E-state index contributed by atoms with van der Waals surface area (Å²) in [6, 6.07) is 2.85. The lowest BCUT2D eigenvalue weighted by Gasteiger charge is -2.34. The highest BCUT2D eigenvalue weighted by Crippen LogP contribution is 2.41. The van der Waals surface area contributed by atoms with Crippen molar-refractivity contribution in [3.8, 4) is 23.0 Å². The highest BCUT2D eigenvalue weighted by Gasteiger charge is 2.42. The van der Waals surface area contributed by atoms with Gasteiger partial charge in [-0.05, 0) is 48.7 Å². The van der Waals surface area contributed by atoms with Crippen LogP contribution in [-0.2, 0) is 20.8 Å². The van der Waals surface area contributed by atoms with Gasteiger partial charge in [0.25, 0.3) is 5.91 Å². The second kappa shape index (κ2) is 16.0. The molecule has 22 heteroatoms. The van der Waals surface area contributed by atoms with Gasteiger partial charge in [-0.25, -0.2) is 18.4 Å². The van der Waals surface area contributed by atoms with Gasteiger partial charge in [-0.15, -0.1) is 0 Å². The Labute approximate surface area is 313 Å². The normalized spacial score (nSPS) is 15.9. The van der Waals surface area contributed by atoms with Gasteiger partial charge in [0, 0.05) is 31.7 Å². The first kappa shape index (κ1) is 39.4. The molecule has 17 nitrogen and oxygen atoms in total. The number of urea groups is 1. The molecule has 1 fully saturated rings. The summed E-state index contributed by atoms with van der Waals surface area (Å²) in [5.41, 5.74) is -1.35. The fraction of sp³-hybridized carbons (Fsp3) is 0.250. The molecule has 0 bridgehead atoms. The molecule has 1 unspecified atom stereocenters. The van der Waals surface area contributed by atoms with E-state index in [-0.39, 0.29) is 54.4 Å². The average Bonchev–Trinajstić information content (AvgIpc) is 3.11. The first-order valence-electron chi connectivity index (χ1n) is 15.8. The van der Waals surface area contributed by atoms with Crippen LogP contribution in [-0.4, -0.2) is 110 Å². The molecule has 0 spiro atoms. The van der Waals surface area contributed by atoms with Gasteiger partial charge in [0.15, 0.2) is 17.3 Å². The van der Waals surface area contributed by atoms with Crippen molar-refractivity contribution in [3.63, 3.8) is 0 Å². The molecular formula is C32H28BCl2F2N5O12. The number of phenols is 3. The van der Waals surface area contributed by atoms with Crippen molar-refractivity contribution in [3.05, 3.63) is 80.3 Å². The van der Waals surface area contributed by atoms with Gasteiger partial charge in [-0.1, -0.05) is 29.3 Å². The number of aromatic hydroxyl groups is 3. The number of carbonyl (C=O) groups is 6. The van der Waals surface area contributed by atoms with E-state index in [1.54, 1.807) is 0 Å². The summed E-state index contributed by atoms with van der Waals surface area (Å²) >= 11 is 12.1. The number of carboxylic acids is 1. The lowest BCUT2D eigenvalue weighted by Crippen LogP contribution is -2.60. The zero-order valence-corrected chi connectivity index (χ0v) is 29.0. The topological polar surface area (TPSA) is 255 Å². The summed E-state index contributed by atoms with van der Waals surface area (Å²) in [6.45, 7) is -0.537. The van der Waals surface area contributed by atoms with E-state index in [1.807, 2.05) is 0 Å². The summed E-state index contributed by atoms with van der Waals surface area (Å²) in [7, 11) is -1.98. The highest BCUT2D eigenvalue weighted by atomic mass is 35.5. The first-order chi connectivity index (χ1) is 25.5. The van der Waals surface area contributed by atoms with Crippen molar-refractivity contribution in [1.82, 2.24) is 25.8 Å². The zero-order chi connectivity index (χ0) is 39.6. The van der Waals surface area contributed by atoms with Crippen molar-refractivity contribution in [2.24, 2.45) is 0 Å². The van der Waals surface area contributed by atoms with Gasteiger partial charge in [0.05, 0.1) is 21.5 Å². The van der Waals surface area contributed by atoms with Crippen LogP contribution in [0.5, 0.6) is 23.0 Å². The van der Waals surface area contributed by atoms with E-state index in [1.165, 1.54) is 18.2 Å². The molecule has 8 N–H and O–H groups in total. The third-order valence-electron chi connectivity index (χ3n) is 8.43. The number of fused-ring (bicyclic) bond motifs is 1. The number of benzene rings is 3. The van der Waals surface area contributed by atoms with E-state index in [0.717, 1.165) is 17.0 Å². The Balaban J connectivity index is 1.28. The van der Waals surface area contributed by atoms with Crippen molar-refractivity contribution in [2.75, 3.05) is 26.2 Å². The molecule has 284 valence electrons. The van der Waals surface area contributed by atoms with Crippen LogP contribution in [0, 0.1) is 11.6 Å². The number of nitrogens with one attached hydrogen (secondary N) is 3. The van der Waals surface area contributed by atoms with E-state index in [4.69, 9.17) is 27.9 Å². The molecule has 1 saturated heterocycles. The predicted octanol–water partition coefficient (Wildman–Crippen LogP) is 1.47. The molecule has 5 rings (SSSR count). The fourth-order valence-corrected chi connectivity index (χ4v) is 6.19. The van der Waals surface area contributed by atoms with Crippen LogP contribution >= 0.6 is 23.2 Å². The van der Waals surface area contributed by atoms with Crippen molar-refractivity contribution in [1.29, 1.82) is 0 Å². The maximum absolute atomic E-state index is 14.6. The van der Waals surface area contributed by atoms with Crippen LogP contribution in [0.3, 0.4) is 0 Å². The second-order valence-corrected chi connectivity index (χ2v) is 12.7.